The second-order valence-corrected chi connectivity index (χ2v) is 6.68. The molecule has 0 aromatic heterocycles. The second-order valence-electron chi connectivity index (χ2n) is 6.68. The highest BCUT2D eigenvalue weighted by atomic mass is 16.2. The topological polar surface area (TPSA) is 32.3 Å². The minimum atomic E-state index is -0.308. The molecule has 0 fully saturated rings. The fraction of sp³-hybridized carbons (Fsp3) is 0.350. The van der Waals surface area contributed by atoms with Crippen molar-refractivity contribution in [2.24, 2.45) is 5.92 Å². The van der Waals surface area contributed by atoms with Crippen molar-refractivity contribution in [2.45, 2.75) is 33.2 Å². The molecule has 0 bridgehead atoms. The first-order chi connectivity index (χ1) is 11.1. The Morgan fingerprint density at radius 1 is 1.13 bits per heavy atom. The maximum atomic E-state index is 13.0. The highest BCUT2D eigenvalue weighted by molar-refractivity contribution is 6.05. The third-order valence-electron chi connectivity index (χ3n) is 4.32. The van der Waals surface area contributed by atoms with E-state index in [1.807, 2.05) is 35.2 Å². The Bertz CT molecular complexity index is 694. The Kier molecular flexibility index (Phi) is 4.37. The number of nitrogens with one attached hydrogen (secondary N) is 1. The van der Waals surface area contributed by atoms with Crippen LogP contribution in [0.25, 0.3) is 0 Å². The quantitative estimate of drug-likeness (QED) is 0.899. The molecule has 0 saturated heterocycles. The number of aryl methyl sites for hydroxylation is 1. The van der Waals surface area contributed by atoms with Crippen molar-refractivity contribution in [3.05, 3.63) is 59.7 Å². The highest BCUT2D eigenvalue weighted by Gasteiger charge is 2.33. The van der Waals surface area contributed by atoms with Crippen molar-refractivity contribution >= 4 is 17.3 Å². The Morgan fingerprint density at radius 3 is 2.57 bits per heavy atom. The molecule has 0 saturated carbocycles. The molecule has 2 aromatic carbocycles. The molecule has 3 heteroatoms. The zero-order chi connectivity index (χ0) is 16.4. The number of rotatable bonds is 4. The van der Waals surface area contributed by atoms with Crippen LogP contribution in [0.4, 0.5) is 11.4 Å². The first kappa shape index (κ1) is 15.6. The van der Waals surface area contributed by atoms with E-state index in [-0.39, 0.29) is 11.9 Å². The minimum absolute atomic E-state index is 0.133. The van der Waals surface area contributed by atoms with E-state index in [4.69, 9.17) is 0 Å². The predicted octanol–water partition coefficient (Wildman–Crippen LogP) is 4.54. The number of nitrogens with zero attached hydrogens (tertiary/aromatic N) is 1. The van der Waals surface area contributed by atoms with Crippen molar-refractivity contribution in [3.63, 3.8) is 0 Å². The summed E-state index contributed by atoms with van der Waals surface area (Å²) in [5, 5.41) is 3.43. The first-order valence-corrected chi connectivity index (χ1v) is 8.30. The van der Waals surface area contributed by atoms with E-state index in [2.05, 4.69) is 44.3 Å². The van der Waals surface area contributed by atoms with Gasteiger partial charge in [-0.3, -0.25) is 4.79 Å². The van der Waals surface area contributed by atoms with Crippen molar-refractivity contribution in [2.75, 3.05) is 16.8 Å². The second kappa shape index (κ2) is 6.45. The van der Waals surface area contributed by atoms with Crippen LogP contribution in [-0.2, 0) is 4.79 Å². The largest absolute Gasteiger partial charge is 0.368 e. The molecule has 120 valence electrons. The van der Waals surface area contributed by atoms with E-state index in [1.54, 1.807) is 0 Å². The minimum Gasteiger partial charge on any atom is -0.368 e. The van der Waals surface area contributed by atoms with E-state index in [0.29, 0.717) is 5.92 Å². The van der Waals surface area contributed by atoms with Crippen LogP contribution in [-0.4, -0.2) is 12.5 Å². The Labute approximate surface area is 138 Å². The van der Waals surface area contributed by atoms with E-state index in [0.717, 1.165) is 29.9 Å². The number of amides is 1. The number of benzene rings is 2. The van der Waals surface area contributed by atoms with E-state index < -0.39 is 0 Å². The molecule has 0 spiro atoms. The summed E-state index contributed by atoms with van der Waals surface area (Å²) < 4.78 is 0. The zero-order valence-corrected chi connectivity index (χ0v) is 14.0. The van der Waals surface area contributed by atoms with Crippen LogP contribution >= 0.6 is 0 Å². The molecule has 0 radical (unpaired) electrons. The van der Waals surface area contributed by atoms with Gasteiger partial charge in [0.15, 0.2) is 0 Å². The van der Waals surface area contributed by atoms with Gasteiger partial charge in [-0.15, -0.1) is 0 Å². The lowest BCUT2D eigenvalue weighted by atomic mass is 9.99. The Balaban J connectivity index is 1.99. The molecule has 1 amide bonds. The Morgan fingerprint density at radius 2 is 1.87 bits per heavy atom. The number of anilines is 2. The van der Waals surface area contributed by atoms with Crippen molar-refractivity contribution in [1.82, 2.24) is 0 Å². The maximum Gasteiger partial charge on any atom is 0.254 e. The summed E-state index contributed by atoms with van der Waals surface area (Å²) in [5.74, 6) is 0.704. The lowest BCUT2D eigenvalue weighted by Crippen LogP contribution is -2.43. The van der Waals surface area contributed by atoms with Gasteiger partial charge >= 0.3 is 0 Å². The molecule has 1 heterocycles. The van der Waals surface area contributed by atoms with Gasteiger partial charge in [0.25, 0.3) is 5.91 Å². The van der Waals surface area contributed by atoms with E-state index >= 15 is 0 Å². The van der Waals surface area contributed by atoms with Gasteiger partial charge in [0.2, 0.25) is 0 Å². The number of carbonyl (C=O) groups is 1. The summed E-state index contributed by atoms with van der Waals surface area (Å²) in [4.78, 5) is 15.0. The molecular formula is C20H24N2O. The SMILES string of the molecule is Cc1ccc2c(c1)NC(c1ccccc1)C(=O)N2CCC(C)C. The van der Waals surface area contributed by atoms with Gasteiger partial charge < -0.3 is 10.2 Å². The molecule has 1 unspecified atom stereocenters. The van der Waals surface area contributed by atoms with Crippen LogP contribution < -0.4 is 10.2 Å². The third-order valence-corrected chi connectivity index (χ3v) is 4.32. The summed E-state index contributed by atoms with van der Waals surface area (Å²) in [7, 11) is 0. The van der Waals surface area contributed by atoms with E-state index in [9.17, 15) is 4.79 Å². The predicted molar refractivity (Wildman–Crippen MR) is 95.8 cm³/mol. The van der Waals surface area contributed by atoms with Crippen LogP contribution in [0.1, 0.15) is 37.4 Å². The molecule has 0 aliphatic carbocycles. The standard InChI is InChI=1S/C20H24N2O/c1-14(2)11-12-22-18-10-9-15(3)13-17(18)21-19(20(22)23)16-7-5-4-6-8-16/h4-10,13-14,19,21H,11-12H2,1-3H3. The average Bonchev–Trinajstić information content (AvgIpc) is 2.54. The van der Waals surface area contributed by atoms with Gasteiger partial charge in [-0.05, 0) is 42.5 Å². The van der Waals surface area contributed by atoms with Crippen LogP contribution in [0, 0.1) is 12.8 Å². The molecular weight excluding hydrogens is 284 g/mol. The normalized spacial score (nSPS) is 17.1. The molecule has 1 aliphatic rings. The third kappa shape index (κ3) is 3.24. The van der Waals surface area contributed by atoms with Gasteiger partial charge in [-0.1, -0.05) is 50.2 Å². The lowest BCUT2D eigenvalue weighted by Gasteiger charge is -2.36. The first-order valence-electron chi connectivity index (χ1n) is 8.30. The number of fused-ring (bicyclic) bond motifs is 1. The maximum absolute atomic E-state index is 13.0. The summed E-state index contributed by atoms with van der Waals surface area (Å²) in [6.07, 6.45) is 1.00. The van der Waals surface area contributed by atoms with E-state index in [1.165, 1.54) is 5.56 Å². The monoisotopic (exact) mass is 308 g/mol. The van der Waals surface area contributed by atoms with Gasteiger partial charge in [0.05, 0.1) is 11.4 Å². The van der Waals surface area contributed by atoms with Crippen molar-refractivity contribution < 1.29 is 4.79 Å². The fourth-order valence-corrected chi connectivity index (χ4v) is 2.98. The van der Waals surface area contributed by atoms with Gasteiger partial charge in [-0.2, -0.15) is 0 Å². The van der Waals surface area contributed by atoms with Crippen molar-refractivity contribution in [3.8, 4) is 0 Å². The lowest BCUT2D eigenvalue weighted by molar-refractivity contribution is -0.119. The summed E-state index contributed by atoms with van der Waals surface area (Å²) >= 11 is 0. The van der Waals surface area contributed by atoms with Crippen LogP contribution in [0.3, 0.4) is 0 Å². The number of carbonyl (C=O) groups excluding carboxylic acids is 1. The smallest absolute Gasteiger partial charge is 0.254 e. The molecule has 2 aromatic rings. The van der Waals surface area contributed by atoms with Gasteiger partial charge in [0, 0.05) is 6.54 Å². The fourth-order valence-electron chi connectivity index (χ4n) is 2.98. The van der Waals surface area contributed by atoms with Gasteiger partial charge in [-0.25, -0.2) is 0 Å². The van der Waals surface area contributed by atoms with Crippen LogP contribution in [0.2, 0.25) is 0 Å². The molecule has 1 atom stereocenters. The molecule has 3 rings (SSSR count). The highest BCUT2D eigenvalue weighted by Crippen LogP contribution is 2.37. The van der Waals surface area contributed by atoms with Gasteiger partial charge in [0.1, 0.15) is 6.04 Å². The van der Waals surface area contributed by atoms with Crippen LogP contribution in [0.5, 0.6) is 0 Å². The molecule has 1 N–H and O–H groups in total. The zero-order valence-electron chi connectivity index (χ0n) is 14.0. The van der Waals surface area contributed by atoms with Crippen LogP contribution in [0.15, 0.2) is 48.5 Å². The molecule has 3 nitrogen and oxygen atoms in total. The summed E-state index contributed by atoms with van der Waals surface area (Å²) in [5.41, 5.74) is 4.25. The summed E-state index contributed by atoms with van der Waals surface area (Å²) in [6.45, 7) is 7.22. The number of hydrogen-bond acceptors (Lipinski definition) is 2. The van der Waals surface area contributed by atoms with Crippen molar-refractivity contribution in [1.29, 1.82) is 0 Å². The molecule has 23 heavy (non-hydrogen) atoms. The Hall–Kier alpha value is -2.29. The molecule has 1 aliphatic heterocycles. The number of hydrogen-bond donors (Lipinski definition) is 1. The summed E-state index contributed by atoms with van der Waals surface area (Å²) in [6, 6.07) is 15.9. The average molecular weight is 308 g/mol.